The van der Waals surface area contributed by atoms with Crippen LogP contribution in [-0.2, 0) is 0 Å². The zero-order valence-electron chi connectivity index (χ0n) is 7.95. The molecule has 14 heavy (non-hydrogen) atoms. The van der Waals surface area contributed by atoms with E-state index in [4.69, 9.17) is 5.41 Å². The Morgan fingerprint density at radius 1 is 1.07 bits per heavy atom. The molecule has 2 aromatic carbocycles. The molecule has 0 unspecified atom stereocenters. The Labute approximate surface area is 88.9 Å². The number of hydrogen-bond acceptors (Lipinski definition) is 2. The lowest BCUT2D eigenvalue weighted by atomic mass is 10.1. The molecule has 2 aromatic rings. The van der Waals surface area contributed by atoms with E-state index >= 15 is 0 Å². The van der Waals surface area contributed by atoms with Crippen molar-refractivity contribution in [1.29, 1.82) is 5.41 Å². The molecule has 0 fully saturated rings. The minimum absolute atomic E-state index is 1.33. The molecular formula is C12H11NS. The average molecular weight is 201 g/mol. The zero-order valence-corrected chi connectivity index (χ0v) is 8.77. The number of aryl methyl sites for hydroxylation is 1. The maximum Gasteiger partial charge on any atom is 0.0554 e. The second-order valence-electron chi connectivity index (χ2n) is 2.90. The van der Waals surface area contributed by atoms with Crippen molar-refractivity contribution in [3.8, 4) is 0 Å². The first kappa shape index (κ1) is 10.6. The van der Waals surface area contributed by atoms with Gasteiger partial charge in [-0.2, -0.15) is 0 Å². The monoisotopic (exact) mass is 201 g/mol. The number of isothiocyanates is 1. The molecule has 0 amide bonds. The van der Waals surface area contributed by atoms with E-state index in [1.807, 2.05) is 0 Å². The summed E-state index contributed by atoms with van der Waals surface area (Å²) >= 11 is 3.81. The van der Waals surface area contributed by atoms with E-state index in [2.05, 4.69) is 61.6 Å². The van der Waals surface area contributed by atoms with Gasteiger partial charge in [-0.15, -0.1) is 0 Å². The average Bonchev–Trinajstić information content (AvgIpc) is 2.20. The number of nitrogens with one attached hydrogen (secondary N) is 1. The van der Waals surface area contributed by atoms with Gasteiger partial charge in [-0.1, -0.05) is 42.5 Å². The fourth-order valence-corrected chi connectivity index (χ4v) is 1.39. The van der Waals surface area contributed by atoms with Gasteiger partial charge in [-0.3, -0.25) is 0 Å². The Morgan fingerprint density at radius 3 is 2.29 bits per heavy atom. The Bertz CT molecular complexity index is 451. The molecule has 0 aromatic heterocycles. The van der Waals surface area contributed by atoms with Gasteiger partial charge in [-0.05, 0) is 35.5 Å². The first-order chi connectivity index (χ1) is 6.79. The van der Waals surface area contributed by atoms with Crippen LogP contribution in [0.15, 0.2) is 42.5 Å². The summed E-state index contributed by atoms with van der Waals surface area (Å²) in [4.78, 5) is 0. The fourth-order valence-electron chi connectivity index (χ4n) is 1.39. The lowest BCUT2D eigenvalue weighted by Gasteiger charge is -1.98. The molecule has 1 N–H and O–H groups in total. The molecule has 0 radical (unpaired) electrons. The van der Waals surface area contributed by atoms with Crippen LogP contribution in [0.25, 0.3) is 10.8 Å². The third kappa shape index (κ3) is 2.49. The molecule has 0 aliphatic carbocycles. The van der Waals surface area contributed by atoms with Gasteiger partial charge in [0.25, 0.3) is 0 Å². The van der Waals surface area contributed by atoms with Crippen molar-refractivity contribution in [3.05, 3.63) is 48.0 Å². The van der Waals surface area contributed by atoms with Crippen LogP contribution in [0.2, 0.25) is 0 Å². The summed E-state index contributed by atoms with van der Waals surface area (Å²) in [5, 5.41) is 10.0. The maximum atomic E-state index is 5.77. The van der Waals surface area contributed by atoms with Gasteiger partial charge in [-0.25, -0.2) is 5.41 Å². The van der Waals surface area contributed by atoms with Crippen LogP contribution in [0.3, 0.4) is 0 Å². The predicted octanol–water partition coefficient (Wildman–Crippen LogP) is 3.82. The number of benzene rings is 2. The highest BCUT2D eigenvalue weighted by Crippen LogP contribution is 2.16. The van der Waals surface area contributed by atoms with Crippen LogP contribution in [0, 0.1) is 12.3 Å². The molecule has 0 spiro atoms. The molecule has 0 aliphatic heterocycles. The Morgan fingerprint density at radius 2 is 1.64 bits per heavy atom. The predicted molar refractivity (Wildman–Crippen MR) is 64.0 cm³/mol. The number of thiocarbonyl (C=S) groups is 1. The van der Waals surface area contributed by atoms with Crippen molar-refractivity contribution in [2.24, 2.45) is 0 Å². The van der Waals surface area contributed by atoms with Gasteiger partial charge >= 0.3 is 0 Å². The first-order valence-electron chi connectivity index (χ1n) is 4.28. The van der Waals surface area contributed by atoms with Crippen molar-refractivity contribution in [2.45, 2.75) is 6.92 Å². The van der Waals surface area contributed by atoms with Crippen molar-refractivity contribution in [2.75, 3.05) is 0 Å². The highest BCUT2D eigenvalue weighted by molar-refractivity contribution is 7.78. The van der Waals surface area contributed by atoms with Crippen molar-refractivity contribution in [1.82, 2.24) is 0 Å². The van der Waals surface area contributed by atoms with Crippen LogP contribution in [-0.4, -0.2) is 5.16 Å². The first-order valence-corrected chi connectivity index (χ1v) is 4.68. The molecule has 2 rings (SSSR count). The quantitative estimate of drug-likeness (QED) is 0.508. The van der Waals surface area contributed by atoms with Crippen molar-refractivity contribution < 1.29 is 0 Å². The molecule has 1 nitrogen and oxygen atoms in total. The van der Waals surface area contributed by atoms with Crippen LogP contribution >= 0.6 is 12.2 Å². The van der Waals surface area contributed by atoms with Gasteiger partial charge in [0.15, 0.2) is 0 Å². The summed E-state index contributed by atoms with van der Waals surface area (Å²) in [6.07, 6.45) is 0. The second kappa shape index (κ2) is 5.28. The third-order valence-electron chi connectivity index (χ3n) is 2.01. The lowest BCUT2D eigenvalue weighted by molar-refractivity contribution is 1.53. The topological polar surface area (TPSA) is 23.9 Å². The minimum Gasteiger partial charge on any atom is -0.248 e. The van der Waals surface area contributed by atoms with Gasteiger partial charge in [0.05, 0.1) is 5.16 Å². The highest BCUT2D eigenvalue weighted by atomic mass is 32.1. The molecule has 0 atom stereocenters. The second-order valence-corrected chi connectivity index (χ2v) is 3.10. The molecule has 0 aliphatic rings. The van der Waals surface area contributed by atoms with Gasteiger partial charge in [0, 0.05) is 0 Å². The summed E-state index contributed by atoms with van der Waals surface area (Å²) in [6.45, 7) is 2.14. The van der Waals surface area contributed by atoms with Crippen LogP contribution < -0.4 is 0 Å². The standard InChI is InChI=1S/C11H10.CHNS/c1-9-5-4-7-10-6-2-3-8-11(9)10;2-1-3/h2-8H,1H3;2H. The summed E-state index contributed by atoms with van der Waals surface area (Å²) < 4.78 is 0. The van der Waals surface area contributed by atoms with E-state index in [1.54, 1.807) is 5.16 Å². The van der Waals surface area contributed by atoms with Crippen LogP contribution in [0.4, 0.5) is 0 Å². The molecule has 0 bridgehead atoms. The Hall–Kier alpha value is -1.50. The van der Waals surface area contributed by atoms with Crippen LogP contribution in [0.1, 0.15) is 5.56 Å². The molecule has 0 heterocycles. The van der Waals surface area contributed by atoms with Gasteiger partial charge < -0.3 is 0 Å². The normalized spacial score (nSPS) is 8.64. The summed E-state index contributed by atoms with van der Waals surface area (Å²) in [6, 6.07) is 14.8. The zero-order chi connectivity index (χ0) is 10.4. The third-order valence-corrected chi connectivity index (χ3v) is 2.01. The molecule has 0 saturated heterocycles. The summed E-state index contributed by atoms with van der Waals surface area (Å²) in [7, 11) is 0. The lowest BCUT2D eigenvalue weighted by Crippen LogP contribution is -1.75. The molecular weight excluding hydrogens is 190 g/mol. The van der Waals surface area contributed by atoms with Gasteiger partial charge in [0.2, 0.25) is 0 Å². The van der Waals surface area contributed by atoms with Crippen molar-refractivity contribution >= 4 is 28.2 Å². The molecule has 2 heteroatoms. The Kier molecular flexibility index (Phi) is 3.99. The fraction of sp³-hybridized carbons (Fsp3) is 0.0833. The molecule has 0 saturated carbocycles. The Balaban J connectivity index is 0.000000293. The van der Waals surface area contributed by atoms with Crippen LogP contribution in [0.5, 0.6) is 0 Å². The largest absolute Gasteiger partial charge is 0.248 e. The van der Waals surface area contributed by atoms with E-state index in [-0.39, 0.29) is 0 Å². The summed E-state index contributed by atoms with van der Waals surface area (Å²) in [5.74, 6) is 0. The van der Waals surface area contributed by atoms with E-state index in [0.29, 0.717) is 0 Å². The van der Waals surface area contributed by atoms with E-state index in [1.165, 1.54) is 16.3 Å². The minimum atomic E-state index is 1.33. The molecule has 70 valence electrons. The van der Waals surface area contributed by atoms with E-state index < -0.39 is 0 Å². The smallest absolute Gasteiger partial charge is 0.0554 e. The number of hydrogen-bond donors (Lipinski definition) is 1. The highest BCUT2D eigenvalue weighted by Gasteiger charge is 1.91. The van der Waals surface area contributed by atoms with Gasteiger partial charge in [0.1, 0.15) is 0 Å². The number of rotatable bonds is 0. The maximum absolute atomic E-state index is 5.77. The SMILES string of the molecule is Cc1cccc2ccccc12.N=C=S. The van der Waals surface area contributed by atoms with E-state index in [9.17, 15) is 0 Å². The number of fused-ring (bicyclic) bond motifs is 1. The van der Waals surface area contributed by atoms with Crippen molar-refractivity contribution in [3.63, 3.8) is 0 Å². The summed E-state index contributed by atoms with van der Waals surface area (Å²) in [5.41, 5.74) is 1.35. The van der Waals surface area contributed by atoms with E-state index in [0.717, 1.165) is 0 Å².